The van der Waals surface area contributed by atoms with E-state index >= 15 is 0 Å². The van der Waals surface area contributed by atoms with Crippen LogP contribution >= 0.6 is 23.4 Å². The first-order chi connectivity index (χ1) is 16.3. The molecule has 0 radical (unpaired) electrons. The minimum atomic E-state index is -0.562. The lowest BCUT2D eigenvalue weighted by molar-refractivity contribution is -0.115. The van der Waals surface area contributed by atoms with Crippen molar-refractivity contribution in [1.82, 2.24) is 9.55 Å². The largest absolute Gasteiger partial charge is 0.326 e. The second-order valence-electron chi connectivity index (χ2n) is 7.54. The van der Waals surface area contributed by atoms with Crippen LogP contribution < -0.4 is 16.2 Å². The maximum Gasteiger partial charge on any atom is 0.266 e. The molecule has 0 fully saturated rings. The van der Waals surface area contributed by atoms with Gasteiger partial charge in [0.25, 0.3) is 5.56 Å². The van der Waals surface area contributed by atoms with E-state index in [1.165, 1.54) is 23.3 Å². The summed E-state index contributed by atoms with van der Waals surface area (Å²) in [7, 11) is 0. The van der Waals surface area contributed by atoms with Crippen molar-refractivity contribution in [1.29, 1.82) is 0 Å². The lowest BCUT2D eigenvalue weighted by Gasteiger charge is -2.17. The molecule has 0 unspecified atom stereocenters. The highest BCUT2D eigenvalue weighted by molar-refractivity contribution is 8.00. The van der Waals surface area contributed by atoms with Gasteiger partial charge >= 0.3 is 0 Å². The van der Waals surface area contributed by atoms with Gasteiger partial charge in [-0.25, -0.2) is 4.98 Å². The molecule has 2 amide bonds. The van der Waals surface area contributed by atoms with Crippen molar-refractivity contribution in [3.63, 3.8) is 0 Å². The van der Waals surface area contributed by atoms with Gasteiger partial charge in [-0.2, -0.15) is 0 Å². The fourth-order valence-electron chi connectivity index (χ4n) is 3.33. The van der Waals surface area contributed by atoms with Gasteiger partial charge in [-0.05, 0) is 61.5 Å². The van der Waals surface area contributed by atoms with Crippen molar-refractivity contribution < 1.29 is 9.59 Å². The Labute approximate surface area is 205 Å². The van der Waals surface area contributed by atoms with Gasteiger partial charge in [0, 0.05) is 23.3 Å². The Hall–Kier alpha value is -3.62. The highest BCUT2D eigenvalue weighted by Crippen LogP contribution is 2.27. The molecule has 0 aliphatic carbocycles. The summed E-state index contributed by atoms with van der Waals surface area (Å²) in [6, 6.07) is 20.9. The summed E-state index contributed by atoms with van der Waals surface area (Å²) in [5.74, 6) is -0.423. The average molecular weight is 493 g/mol. The third-order valence-electron chi connectivity index (χ3n) is 4.94. The zero-order valence-electron chi connectivity index (χ0n) is 18.4. The molecule has 34 heavy (non-hydrogen) atoms. The molecular formula is C25H21ClN4O3S. The van der Waals surface area contributed by atoms with E-state index in [2.05, 4.69) is 15.6 Å². The quantitative estimate of drug-likeness (QED) is 0.288. The molecule has 0 aliphatic heterocycles. The van der Waals surface area contributed by atoms with E-state index in [1.807, 2.05) is 6.07 Å². The van der Waals surface area contributed by atoms with E-state index in [0.29, 0.717) is 38.1 Å². The van der Waals surface area contributed by atoms with Crippen LogP contribution in [0.25, 0.3) is 16.6 Å². The first-order valence-corrected chi connectivity index (χ1v) is 11.7. The van der Waals surface area contributed by atoms with Gasteiger partial charge in [0.15, 0.2) is 5.16 Å². The standard InChI is InChI=1S/C25H21ClN4O3S/c1-15(23(32)28-19-12-10-18(11-13-19)27-16(2)31)34-25-29-22-9-4-3-8-21(22)24(33)30(25)20-7-5-6-17(26)14-20/h3-15H,1-2H3,(H,27,31)(H,28,32)/t15-/m1/s1. The van der Waals surface area contributed by atoms with Crippen LogP contribution in [-0.4, -0.2) is 26.6 Å². The van der Waals surface area contributed by atoms with E-state index in [4.69, 9.17) is 11.6 Å². The summed E-state index contributed by atoms with van der Waals surface area (Å²) in [5, 5.41) is 6.32. The Morgan fingerprint density at radius 2 is 1.65 bits per heavy atom. The molecule has 4 aromatic rings. The van der Waals surface area contributed by atoms with E-state index in [0.717, 1.165) is 0 Å². The summed E-state index contributed by atoms with van der Waals surface area (Å²) in [4.78, 5) is 42.1. The number of fused-ring (bicyclic) bond motifs is 1. The molecule has 1 aromatic heterocycles. The van der Waals surface area contributed by atoms with Crippen LogP contribution in [0.1, 0.15) is 13.8 Å². The van der Waals surface area contributed by atoms with Crippen molar-refractivity contribution >= 4 is 57.5 Å². The Morgan fingerprint density at radius 3 is 2.32 bits per heavy atom. The van der Waals surface area contributed by atoms with Crippen LogP contribution in [0.4, 0.5) is 11.4 Å². The number of nitrogens with zero attached hydrogens (tertiary/aromatic N) is 2. The molecule has 0 saturated heterocycles. The summed E-state index contributed by atoms with van der Waals surface area (Å²) in [6.45, 7) is 3.17. The SMILES string of the molecule is CC(=O)Nc1ccc(NC(=O)[C@@H](C)Sc2nc3ccccc3c(=O)n2-c2cccc(Cl)c2)cc1. The molecule has 3 aromatic carbocycles. The Morgan fingerprint density at radius 1 is 0.971 bits per heavy atom. The number of anilines is 2. The molecule has 4 rings (SSSR count). The fourth-order valence-corrected chi connectivity index (χ4v) is 4.44. The van der Waals surface area contributed by atoms with Gasteiger partial charge in [0.2, 0.25) is 11.8 Å². The van der Waals surface area contributed by atoms with Crippen LogP contribution in [0.3, 0.4) is 0 Å². The number of nitrogens with one attached hydrogen (secondary N) is 2. The van der Waals surface area contributed by atoms with Crippen LogP contribution in [0.2, 0.25) is 5.02 Å². The zero-order valence-corrected chi connectivity index (χ0v) is 20.0. The molecule has 1 heterocycles. The molecule has 7 nitrogen and oxygen atoms in total. The number of benzene rings is 3. The minimum Gasteiger partial charge on any atom is -0.326 e. The highest BCUT2D eigenvalue weighted by Gasteiger charge is 2.20. The molecule has 2 N–H and O–H groups in total. The van der Waals surface area contributed by atoms with E-state index in [1.54, 1.807) is 73.7 Å². The third kappa shape index (κ3) is 5.30. The van der Waals surface area contributed by atoms with Crippen molar-refractivity contribution in [3.8, 4) is 5.69 Å². The number of aromatic nitrogens is 2. The van der Waals surface area contributed by atoms with E-state index in [-0.39, 0.29) is 17.4 Å². The van der Waals surface area contributed by atoms with Crippen molar-refractivity contribution in [2.24, 2.45) is 0 Å². The van der Waals surface area contributed by atoms with Crippen LogP contribution in [0.15, 0.2) is 82.7 Å². The van der Waals surface area contributed by atoms with Crippen molar-refractivity contribution in [2.45, 2.75) is 24.3 Å². The normalized spacial score (nSPS) is 11.7. The monoisotopic (exact) mass is 492 g/mol. The van der Waals surface area contributed by atoms with E-state index < -0.39 is 5.25 Å². The second-order valence-corrected chi connectivity index (χ2v) is 9.28. The predicted molar refractivity (Wildman–Crippen MR) is 137 cm³/mol. The summed E-state index contributed by atoms with van der Waals surface area (Å²) >= 11 is 7.35. The molecule has 9 heteroatoms. The van der Waals surface area contributed by atoms with E-state index in [9.17, 15) is 14.4 Å². The lowest BCUT2D eigenvalue weighted by Crippen LogP contribution is -2.26. The smallest absolute Gasteiger partial charge is 0.266 e. The number of amides is 2. The topological polar surface area (TPSA) is 93.1 Å². The van der Waals surface area contributed by atoms with Gasteiger partial charge in [-0.15, -0.1) is 0 Å². The highest BCUT2D eigenvalue weighted by atomic mass is 35.5. The zero-order chi connectivity index (χ0) is 24.2. The lowest BCUT2D eigenvalue weighted by atomic mass is 10.2. The molecule has 172 valence electrons. The molecule has 0 bridgehead atoms. The van der Waals surface area contributed by atoms with Crippen LogP contribution in [0.5, 0.6) is 0 Å². The maximum absolute atomic E-state index is 13.3. The molecule has 0 spiro atoms. The third-order valence-corrected chi connectivity index (χ3v) is 6.22. The number of halogens is 1. The number of hydrogen-bond donors (Lipinski definition) is 2. The van der Waals surface area contributed by atoms with Crippen molar-refractivity contribution in [3.05, 3.63) is 88.2 Å². The summed E-state index contributed by atoms with van der Waals surface area (Å²) in [6.07, 6.45) is 0. The Bertz CT molecular complexity index is 1440. The van der Waals surface area contributed by atoms with Crippen LogP contribution in [0, 0.1) is 0 Å². The molecule has 0 aliphatic rings. The van der Waals surface area contributed by atoms with Crippen LogP contribution in [-0.2, 0) is 9.59 Å². The maximum atomic E-state index is 13.3. The minimum absolute atomic E-state index is 0.171. The molecule has 0 saturated carbocycles. The average Bonchev–Trinajstić information content (AvgIpc) is 2.80. The number of para-hydroxylation sites is 1. The molecule has 1 atom stereocenters. The Kier molecular flexibility index (Phi) is 7.00. The predicted octanol–water partition coefficient (Wildman–Crippen LogP) is 5.12. The second kappa shape index (κ2) is 10.1. The first kappa shape index (κ1) is 23.5. The van der Waals surface area contributed by atoms with Gasteiger partial charge in [0.05, 0.1) is 21.8 Å². The van der Waals surface area contributed by atoms with Gasteiger partial charge < -0.3 is 10.6 Å². The summed E-state index contributed by atoms with van der Waals surface area (Å²) < 4.78 is 1.48. The fraction of sp³-hybridized carbons (Fsp3) is 0.120. The first-order valence-electron chi connectivity index (χ1n) is 10.4. The Balaban J connectivity index is 1.63. The molecular weight excluding hydrogens is 472 g/mol. The number of hydrogen-bond acceptors (Lipinski definition) is 5. The van der Waals surface area contributed by atoms with Gasteiger partial charge in [-0.1, -0.05) is 41.6 Å². The van der Waals surface area contributed by atoms with Gasteiger partial charge in [-0.3, -0.25) is 19.0 Å². The number of rotatable bonds is 6. The number of thioether (sulfide) groups is 1. The number of carbonyl (C=O) groups is 2. The number of carbonyl (C=O) groups excluding carboxylic acids is 2. The summed E-state index contributed by atoms with van der Waals surface area (Å²) in [5.41, 5.74) is 2.11. The van der Waals surface area contributed by atoms with Gasteiger partial charge in [0.1, 0.15) is 0 Å². The van der Waals surface area contributed by atoms with Crippen molar-refractivity contribution in [2.75, 3.05) is 10.6 Å².